The predicted molar refractivity (Wildman–Crippen MR) is 116 cm³/mol. The van der Waals surface area contributed by atoms with Gasteiger partial charge in [-0.2, -0.15) is 9.78 Å². The van der Waals surface area contributed by atoms with Crippen LogP contribution in [0.25, 0.3) is 5.95 Å². The number of carbonyl (C=O) groups is 1. The highest BCUT2D eigenvalue weighted by Crippen LogP contribution is 2.18. The third kappa shape index (κ3) is 5.47. The molecule has 0 atom stereocenters. The van der Waals surface area contributed by atoms with E-state index in [0.717, 1.165) is 18.6 Å². The van der Waals surface area contributed by atoms with Gasteiger partial charge in [0.1, 0.15) is 11.6 Å². The fourth-order valence-electron chi connectivity index (χ4n) is 2.77. The van der Waals surface area contributed by atoms with Crippen LogP contribution >= 0.6 is 0 Å². The monoisotopic (exact) mass is 410 g/mol. The summed E-state index contributed by atoms with van der Waals surface area (Å²) in [6.45, 7) is 6.48. The highest BCUT2D eigenvalue weighted by atomic mass is 16.5. The lowest BCUT2D eigenvalue weighted by Crippen LogP contribution is -2.22. The number of nitrogens with one attached hydrogen (secondary N) is 3. The molecule has 2 amide bonds. The number of aromatic amines is 1. The average Bonchev–Trinajstić information content (AvgIpc) is 3.09. The van der Waals surface area contributed by atoms with Crippen molar-refractivity contribution in [2.45, 2.75) is 40.0 Å². The summed E-state index contributed by atoms with van der Waals surface area (Å²) in [5.74, 6) is 1.39. The molecular formula is C21H26N6O3. The van der Waals surface area contributed by atoms with E-state index in [0.29, 0.717) is 35.9 Å². The zero-order valence-electron chi connectivity index (χ0n) is 17.4. The van der Waals surface area contributed by atoms with Crippen molar-refractivity contribution in [2.24, 2.45) is 0 Å². The first-order valence-electron chi connectivity index (χ1n) is 9.96. The maximum absolute atomic E-state index is 12.5. The number of urea groups is 1. The fourth-order valence-corrected chi connectivity index (χ4v) is 2.77. The largest absolute Gasteiger partial charge is 0.494 e. The molecular weight excluding hydrogens is 384 g/mol. The SMILES string of the molecule is CCCCOc1ccc(NC(=O)Nc2cc(C)nn2-c2nc(CC)cc(=O)[nH]2)cc1. The van der Waals surface area contributed by atoms with Crippen molar-refractivity contribution >= 4 is 17.5 Å². The first-order chi connectivity index (χ1) is 14.5. The minimum Gasteiger partial charge on any atom is -0.494 e. The van der Waals surface area contributed by atoms with Gasteiger partial charge >= 0.3 is 6.03 Å². The Bertz CT molecular complexity index is 1060. The molecule has 3 N–H and O–H groups in total. The van der Waals surface area contributed by atoms with Gasteiger partial charge in [-0.15, -0.1) is 0 Å². The molecule has 0 spiro atoms. The number of carbonyl (C=O) groups excluding carboxylic acids is 1. The molecule has 0 saturated carbocycles. The Balaban J connectivity index is 1.70. The lowest BCUT2D eigenvalue weighted by molar-refractivity contribution is 0.262. The number of nitrogens with zero attached hydrogens (tertiary/aromatic N) is 3. The number of aryl methyl sites for hydroxylation is 2. The van der Waals surface area contributed by atoms with Crippen molar-refractivity contribution in [1.82, 2.24) is 19.7 Å². The first kappa shape index (κ1) is 21.1. The molecule has 0 fully saturated rings. The molecule has 0 aliphatic carbocycles. The Morgan fingerprint density at radius 1 is 1.17 bits per heavy atom. The molecule has 3 aromatic rings. The number of amides is 2. The van der Waals surface area contributed by atoms with Crippen LogP contribution < -0.4 is 20.9 Å². The molecule has 9 heteroatoms. The van der Waals surface area contributed by atoms with Gasteiger partial charge in [0.25, 0.3) is 5.56 Å². The maximum atomic E-state index is 12.5. The predicted octanol–water partition coefficient (Wildman–Crippen LogP) is 3.65. The lowest BCUT2D eigenvalue weighted by atomic mass is 10.3. The second kappa shape index (κ2) is 9.73. The van der Waals surface area contributed by atoms with E-state index in [4.69, 9.17) is 4.74 Å². The standard InChI is InChI=1S/C21H26N6O3/c1-4-6-11-30-17-9-7-16(8-10-17)23-21(29)24-18-12-14(3)26-27(18)20-22-15(5-2)13-19(28)25-20/h7-10,12-13H,4-6,11H2,1-3H3,(H,22,25,28)(H2,23,24,29). The molecule has 0 aliphatic rings. The Morgan fingerprint density at radius 2 is 1.93 bits per heavy atom. The average molecular weight is 410 g/mol. The molecule has 0 unspecified atom stereocenters. The lowest BCUT2D eigenvalue weighted by Gasteiger charge is -2.10. The summed E-state index contributed by atoms with van der Waals surface area (Å²) in [6.07, 6.45) is 2.68. The third-order valence-electron chi connectivity index (χ3n) is 4.30. The number of H-pyrrole nitrogens is 1. The van der Waals surface area contributed by atoms with Crippen molar-refractivity contribution in [3.63, 3.8) is 0 Å². The summed E-state index contributed by atoms with van der Waals surface area (Å²) >= 11 is 0. The zero-order valence-corrected chi connectivity index (χ0v) is 17.4. The van der Waals surface area contributed by atoms with Crippen molar-refractivity contribution in [3.05, 3.63) is 58.1 Å². The molecule has 2 aromatic heterocycles. The summed E-state index contributed by atoms with van der Waals surface area (Å²) in [6, 6.07) is 9.86. The van der Waals surface area contributed by atoms with Crippen LogP contribution in [-0.2, 0) is 6.42 Å². The van der Waals surface area contributed by atoms with Crippen LogP contribution in [0.3, 0.4) is 0 Å². The van der Waals surface area contributed by atoms with Gasteiger partial charge in [-0.1, -0.05) is 20.3 Å². The van der Waals surface area contributed by atoms with Gasteiger partial charge in [-0.25, -0.2) is 9.78 Å². The van der Waals surface area contributed by atoms with Crippen molar-refractivity contribution < 1.29 is 9.53 Å². The molecule has 0 bridgehead atoms. The number of aromatic nitrogens is 4. The minimum absolute atomic E-state index is 0.247. The molecule has 0 radical (unpaired) electrons. The van der Waals surface area contributed by atoms with Gasteiger partial charge < -0.3 is 10.1 Å². The topological polar surface area (TPSA) is 114 Å². The maximum Gasteiger partial charge on any atom is 0.324 e. The van der Waals surface area contributed by atoms with Crippen LogP contribution in [0.2, 0.25) is 0 Å². The van der Waals surface area contributed by atoms with E-state index in [-0.39, 0.29) is 11.5 Å². The summed E-state index contributed by atoms with van der Waals surface area (Å²) in [7, 11) is 0. The van der Waals surface area contributed by atoms with Crippen molar-refractivity contribution in [1.29, 1.82) is 0 Å². The number of ether oxygens (including phenoxy) is 1. The number of anilines is 2. The Hall–Kier alpha value is -3.62. The van der Waals surface area contributed by atoms with Crippen LogP contribution in [-0.4, -0.2) is 32.4 Å². The Kier molecular flexibility index (Phi) is 6.84. The number of benzene rings is 1. The minimum atomic E-state index is -0.440. The van der Waals surface area contributed by atoms with Gasteiger partial charge in [0, 0.05) is 23.5 Å². The van der Waals surface area contributed by atoms with Gasteiger partial charge in [-0.3, -0.25) is 15.1 Å². The second-order valence-corrected chi connectivity index (χ2v) is 6.80. The summed E-state index contributed by atoms with van der Waals surface area (Å²) in [5.41, 5.74) is 1.65. The highest BCUT2D eigenvalue weighted by Gasteiger charge is 2.13. The van der Waals surface area contributed by atoms with E-state index in [9.17, 15) is 9.59 Å². The zero-order chi connectivity index (χ0) is 21.5. The molecule has 1 aromatic carbocycles. The molecule has 2 heterocycles. The molecule has 3 rings (SSSR count). The van der Waals surface area contributed by atoms with E-state index in [1.165, 1.54) is 10.7 Å². The van der Waals surface area contributed by atoms with Crippen molar-refractivity contribution in [2.75, 3.05) is 17.2 Å². The number of hydrogen-bond acceptors (Lipinski definition) is 5. The van der Waals surface area contributed by atoms with Gasteiger partial charge in [-0.05, 0) is 44.0 Å². The van der Waals surface area contributed by atoms with E-state index >= 15 is 0 Å². The van der Waals surface area contributed by atoms with E-state index in [1.54, 1.807) is 25.1 Å². The second-order valence-electron chi connectivity index (χ2n) is 6.80. The number of hydrogen-bond donors (Lipinski definition) is 3. The molecule has 158 valence electrons. The Labute approximate surface area is 174 Å². The van der Waals surface area contributed by atoms with Gasteiger partial charge in [0.05, 0.1) is 12.3 Å². The van der Waals surface area contributed by atoms with Crippen LogP contribution in [0, 0.1) is 6.92 Å². The normalized spacial score (nSPS) is 10.6. The number of unbranched alkanes of at least 4 members (excludes halogenated alkanes) is 1. The van der Waals surface area contributed by atoms with Crippen molar-refractivity contribution in [3.8, 4) is 11.7 Å². The van der Waals surface area contributed by atoms with Crippen LogP contribution in [0.4, 0.5) is 16.3 Å². The summed E-state index contributed by atoms with van der Waals surface area (Å²) in [4.78, 5) is 31.4. The van der Waals surface area contributed by atoms with Crippen LogP contribution in [0.1, 0.15) is 38.1 Å². The molecule has 9 nitrogen and oxygen atoms in total. The molecule has 0 saturated heterocycles. The van der Waals surface area contributed by atoms with E-state index in [2.05, 4.69) is 32.6 Å². The van der Waals surface area contributed by atoms with Crippen LogP contribution in [0.15, 0.2) is 41.2 Å². The van der Waals surface area contributed by atoms with Gasteiger partial charge in [0.15, 0.2) is 0 Å². The third-order valence-corrected chi connectivity index (χ3v) is 4.30. The fraction of sp³-hybridized carbons (Fsp3) is 0.333. The molecule has 30 heavy (non-hydrogen) atoms. The first-order valence-corrected chi connectivity index (χ1v) is 9.96. The Morgan fingerprint density at radius 3 is 2.63 bits per heavy atom. The van der Waals surface area contributed by atoms with Crippen LogP contribution in [0.5, 0.6) is 5.75 Å². The number of rotatable bonds is 8. The molecule has 0 aliphatic heterocycles. The summed E-state index contributed by atoms with van der Waals surface area (Å²) < 4.78 is 7.03. The van der Waals surface area contributed by atoms with Gasteiger partial charge in [0.2, 0.25) is 5.95 Å². The summed E-state index contributed by atoms with van der Waals surface area (Å²) in [5, 5.41) is 9.85. The van der Waals surface area contributed by atoms with E-state index in [1.807, 2.05) is 19.1 Å². The van der Waals surface area contributed by atoms with E-state index < -0.39 is 6.03 Å². The smallest absolute Gasteiger partial charge is 0.324 e. The highest BCUT2D eigenvalue weighted by molar-refractivity contribution is 5.99. The quantitative estimate of drug-likeness (QED) is 0.491.